The topological polar surface area (TPSA) is 109 Å². The number of anilines is 2. The third kappa shape index (κ3) is 5.10. The van der Waals surface area contributed by atoms with E-state index in [-0.39, 0.29) is 18.7 Å². The molecule has 0 aliphatic heterocycles. The molecule has 2 aromatic carbocycles. The van der Waals surface area contributed by atoms with Gasteiger partial charge in [0.1, 0.15) is 12.1 Å². The fourth-order valence-corrected chi connectivity index (χ4v) is 4.06. The Morgan fingerprint density at radius 1 is 1.12 bits per heavy atom. The lowest BCUT2D eigenvalue weighted by molar-refractivity contribution is 0.331. The quantitative estimate of drug-likeness (QED) is 0.352. The van der Waals surface area contributed by atoms with Crippen LogP contribution in [-0.2, 0) is 21.3 Å². The molecule has 34 heavy (non-hydrogen) atoms. The highest BCUT2D eigenvalue weighted by Gasteiger charge is 2.16. The maximum absolute atomic E-state index is 13.3. The van der Waals surface area contributed by atoms with Crippen molar-refractivity contribution in [2.45, 2.75) is 6.92 Å². The second kappa shape index (κ2) is 9.27. The SMILES string of the molecule is COc1cc(C)cc(N(CCOS(C)(=O)=O)c2ccc3ncn(-c4cnn(C)c4)c(=O)c3c2)c1. The van der Waals surface area contributed by atoms with Crippen molar-refractivity contribution >= 4 is 32.4 Å². The Hall–Kier alpha value is -3.70. The van der Waals surface area contributed by atoms with E-state index >= 15 is 0 Å². The minimum Gasteiger partial charge on any atom is -0.497 e. The molecule has 10 nitrogen and oxygen atoms in total. The highest BCUT2D eigenvalue weighted by Crippen LogP contribution is 2.31. The van der Waals surface area contributed by atoms with Crippen molar-refractivity contribution in [3.05, 3.63) is 71.0 Å². The molecule has 0 saturated carbocycles. The summed E-state index contributed by atoms with van der Waals surface area (Å²) >= 11 is 0. The predicted molar refractivity (Wildman–Crippen MR) is 130 cm³/mol. The molecule has 0 fully saturated rings. The Labute approximate surface area is 197 Å². The summed E-state index contributed by atoms with van der Waals surface area (Å²) in [4.78, 5) is 19.6. The zero-order chi connectivity index (χ0) is 24.5. The molecular formula is C23H25N5O5S. The van der Waals surface area contributed by atoms with E-state index in [0.29, 0.717) is 28.0 Å². The van der Waals surface area contributed by atoms with Gasteiger partial charge in [-0.15, -0.1) is 0 Å². The largest absolute Gasteiger partial charge is 0.497 e. The number of rotatable bonds is 8. The first kappa shape index (κ1) is 23.5. The summed E-state index contributed by atoms with van der Waals surface area (Å²) in [5, 5.41) is 4.54. The van der Waals surface area contributed by atoms with Crippen LogP contribution in [0.5, 0.6) is 5.75 Å². The van der Waals surface area contributed by atoms with Crippen LogP contribution in [0, 0.1) is 6.92 Å². The van der Waals surface area contributed by atoms with Gasteiger partial charge in [0.05, 0.1) is 42.8 Å². The first-order valence-electron chi connectivity index (χ1n) is 10.4. The Morgan fingerprint density at radius 2 is 1.91 bits per heavy atom. The number of aromatic nitrogens is 4. The van der Waals surface area contributed by atoms with Crippen LogP contribution in [0.2, 0.25) is 0 Å². The average Bonchev–Trinajstić information content (AvgIpc) is 3.21. The first-order chi connectivity index (χ1) is 16.1. The van der Waals surface area contributed by atoms with Crippen LogP contribution in [0.3, 0.4) is 0 Å². The molecule has 2 heterocycles. The average molecular weight is 484 g/mol. The van der Waals surface area contributed by atoms with Gasteiger partial charge in [0.2, 0.25) is 0 Å². The van der Waals surface area contributed by atoms with Crippen molar-refractivity contribution in [3.8, 4) is 11.4 Å². The number of benzene rings is 2. The monoisotopic (exact) mass is 483 g/mol. The summed E-state index contributed by atoms with van der Waals surface area (Å²) in [7, 11) is -0.250. The number of nitrogens with zero attached hydrogens (tertiary/aromatic N) is 5. The van der Waals surface area contributed by atoms with E-state index in [9.17, 15) is 13.2 Å². The lowest BCUT2D eigenvalue weighted by atomic mass is 10.1. The molecule has 0 aliphatic rings. The number of fused-ring (bicyclic) bond motifs is 1. The van der Waals surface area contributed by atoms with Gasteiger partial charge in [-0.05, 0) is 42.8 Å². The van der Waals surface area contributed by atoms with Crippen molar-refractivity contribution in [1.29, 1.82) is 0 Å². The molecule has 11 heteroatoms. The van der Waals surface area contributed by atoms with E-state index in [0.717, 1.165) is 17.5 Å². The maximum Gasteiger partial charge on any atom is 0.265 e. The summed E-state index contributed by atoms with van der Waals surface area (Å²) in [6.07, 6.45) is 5.80. The van der Waals surface area contributed by atoms with Crippen LogP contribution in [0.4, 0.5) is 11.4 Å². The minimum absolute atomic E-state index is 0.0694. The molecule has 0 saturated heterocycles. The standard InChI is InChI=1S/C23H25N5O5S/c1-16-9-18(11-20(10-16)32-3)27(7-8-33-34(4,30)31)17-5-6-22-21(12-17)23(29)28(15-24-22)19-13-25-26(2)14-19/h5-6,9-15H,7-8H2,1-4H3. The molecule has 0 aliphatic carbocycles. The van der Waals surface area contributed by atoms with E-state index in [1.165, 1.54) is 10.9 Å². The van der Waals surface area contributed by atoms with Crippen LogP contribution < -0.4 is 15.2 Å². The second-order valence-corrected chi connectivity index (χ2v) is 9.52. The van der Waals surface area contributed by atoms with Crippen LogP contribution in [0.15, 0.2) is 59.9 Å². The van der Waals surface area contributed by atoms with Crippen molar-refractivity contribution in [2.75, 3.05) is 31.4 Å². The van der Waals surface area contributed by atoms with Crippen molar-refractivity contribution in [2.24, 2.45) is 7.05 Å². The van der Waals surface area contributed by atoms with E-state index < -0.39 is 10.1 Å². The van der Waals surface area contributed by atoms with Crippen molar-refractivity contribution in [1.82, 2.24) is 19.3 Å². The molecule has 0 radical (unpaired) electrons. The van der Waals surface area contributed by atoms with E-state index in [1.807, 2.05) is 36.1 Å². The number of hydrogen-bond acceptors (Lipinski definition) is 8. The summed E-state index contributed by atoms with van der Waals surface area (Å²) < 4.78 is 36.5. The summed E-state index contributed by atoms with van der Waals surface area (Å²) in [6, 6.07) is 11.0. The van der Waals surface area contributed by atoms with Crippen molar-refractivity contribution < 1.29 is 17.3 Å². The maximum atomic E-state index is 13.3. The second-order valence-electron chi connectivity index (χ2n) is 7.88. The molecule has 4 rings (SSSR count). The van der Waals surface area contributed by atoms with Crippen LogP contribution in [0.25, 0.3) is 16.6 Å². The zero-order valence-electron chi connectivity index (χ0n) is 19.3. The summed E-state index contributed by atoms with van der Waals surface area (Å²) in [5.41, 5.74) is 3.32. The Bertz CT molecular complexity index is 1510. The van der Waals surface area contributed by atoms with E-state index in [4.69, 9.17) is 8.92 Å². The van der Waals surface area contributed by atoms with Crippen molar-refractivity contribution in [3.63, 3.8) is 0 Å². The minimum atomic E-state index is -3.60. The number of aryl methyl sites for hydroxylation is 2. The van der Waals surface area contributed by atoms with Crippen LogP contribution >= 0.6 is 0 Å². The zero-order valence-corrected chi connectivity index (χ0v) is 20.1. The van der Waals surface area contributed by atoms with Gasteiger partial charge in [0.25, 0.3) is 15.7 Å². The fourth-order valence-electron chi connectivity index (χ4n) is 3.68. The summed E-state index contributed by atoms with van der Waals surface area (Å²) in [6.45, 7) is 2.09. The van der Waals surface area contributed by atoms with Crippen LogP contribution in [0.1, 0.15) is 5.56 Å². The Morgan fingerprint density at radius 3 is 2.59 bits per heavy atom. The molecule has 0 N–H and O–H groups in total. The molecule has 4 aromatic rings. The normalized spacial score (nSPS) is 11.6. The van der Waals surface area contributed by atoms with Gasteiger partial charge < -0.3 is 9.64 Å². The molecule has 0 atom stereocenters. The van der Waals surface area contributed by atoms with Gasteiger partial charge in [0.15, 0.2) is 0 Å². The smallest absolute Gasteiger partial charge is 0.265 e. The van der Waals surface area contributed by atoms with E-state index in [1.54, 1.807) is 43.4 Å². The highest BCUT2D eigenvalue weighted by molar-refractivity contribution is 7.85. The third-order valence-corrected chi connectivity index (χ3v) is 5.81. The Balaban J connectivity index is 1.82. The highest BCUT2D eigenvalue weighted by atomic mass is 32.2. The molecule has 0 bridgehead atoms. The molecule has 2 aromatic heterocycles. The molecule has 0 spiro atoms. The molecule has 178 valence electrons. The number of hydrogen-bond donors (Lipinski definition) is 0. The number of methoxy groups -OCH3 is 1. The molecule has 0 unspecified atom stereocenters. The lowest BCUT2D eigenvalue weighted by Crippen LogP contribution is -2.24. The lowest BCUT2D eigenvalue weighted by Gasteiger charge is -2.26. The van der Waals surface area contributed by atoms with Gasteiger partial charge in [-0.1, -0.05) is 0 Å². The predicted octanol–water partition coefficient (Wildman–Crippen LogP) is 2.55. The number of ether oxygens (including phenoxy) is 1. The van der Waals surface area contributed by atoms with Gasteiger partial charge in [0, 0.05) is 37.2 Å². The van der Waals surface area contributed by atoms with Crippen LogP contribution in [-0.4, -0.2) is 54.3 Å². The third-order valence-electron chi connectivity index (χ3n) is 5.22. The van der Waals surface area contributed by atoms with Gasteiger partial charge >= 0.3 is 0 Å². The summed E-state index contributed by atoms with van der Waals surface area (Å²) in [5.74, 6) is 0.658. The van der Waals surface area contributed by atoms with Gasteiger partial charge in [-0.2, -0.15) is 13.5 Å². The van der Waals surface area contributed by atoms with E-state index in [2.05, 4.69) is 10.1 Å². The molecular weight excluding hydrogens is 458 g/mol. The Kier molecular flexibility index (Phi) is 6.40. The fraction of sp³-hybridized carbons (Fsp3) is 0.261. The first-order valence-corrected chi connectivity index (χ1v) is 12.2. The van der Waals surface area contributed by atoms with Gasteiger partial charge in [-0.3, -0.25) is 18.2 Å². The molecule has 0 amide bonds. The van der Waals surface area contributed by atoms with Gasteiger partial charge in [-0.25, -0.2) is 4.98 Å².